The van der Waals surface area contributed by atoms with Crippen LogP contribution in [0.15, 0.2) is 79.9 Å². The zero-order valence-electron chi connectivity index (χ0n) is 28.2. The number of hydrogen-bond acceptors (Lipinski definition) is 13. The highest BCUT2D eigenvalue weighted by molar-refractivity contribution is 5.95. The molecular weight excluding hydrogens is 652 g/mol. The summed E-state index contributed by atoms with van der Waals surface area (Å²) < 4.78 is 48.6. The van der Waals surface area contributed by atoms with Gasteiger partial charge in [0.2, 0.25) is 0 Å². The van der Waals surface area contributed by atoms with Crippen LogP contribution in [0.4, 0.5) is 0 Å². The Bertz CT molecular complexity index is 1650. The van der Waals surface area contributed by atoms with Gasteiger partial charge in [-0.25, -0.2) is 19.2 Å². The van der Waals surface area contributed by atoms with E-state index in [-0.39, 0.29) is 53.1 Å². The van der Waals surface area contributed by atoms with Gasteiger partial charge in [-0.05, 0) is 62.1 Å². The molecule has 0 fully saturated rings. The number of carbonyl (C=O) groups excluding carboxylic acids is 4. The maximum atomic E-state index is 13.1. The lowest BCUT2D eigenvalue weighted by molar-refractivity contribution is -0.138. The van der Waals surface area contributed by atoms with Gasteiger partial charge in [-0.1, -0.05) is 13.2 Å². The number of benzene rings is 3. The number of methoxy groups -OCH3 is 3. The second-order valence-electron chi connectivity index (χ2n) is 10.2. The van der Waals surface area contributed by atoms with Crippen molar-refractivity contribution in [2.45, 2.75) is 25.7 Å². The van der Waals surface area contributed by atoms with E-state index in [1.54, 1.807) is 24.3 Å². The molecule has 266 valence electrons. The number of ether oxygens (including phenoxy) is 9. The minimum Gasteiger partial charge on any atom is -0.496 e. The molecule has 0 amide bonds. The van der Waals surface area contributed by atoms with E-state index in [1.807, 2.05) is 0 Å². The van der Waals surface area contributed by atoms with E-state index in [0.29, 0.717) is 50.4 Å². The van der Waals surface area contributed by atoms with Gasteiger partial charge in [-0.15, -0.1) is 0 Å². The number of hydrogen-bond donors (Lipinski definition) is 0. The summed E-state index contributed by atoms with van der Waals surface area (Å²) in [5, 5.41) is 0. The van der Waals surface area contributed by atoms with E-state index in [9.17, 15) is 19.2 Å². The summed E-state index contributed by atoms with van der Waals surface area (Å²) in [6.45, 7) is 7.93. The molecule has 0 bridgehead atoms. The summed E-state index contributed by atoms with van der Waals surface area (Å²) in [6, 6.07) is 13.7. The molecule has 3 aromatic rings. The molecule has 0 aliphatic carbocycles. The largest absolute Gasteiger partial charge is 0.496 e. The van der Waals surface area contributed by atoms with Crippen LogP contribution in [-0.2, 0) is 19.1 Å². The van der Waals surface area contributed by atoms with Crippen LogP contribution in [0.5, 0.6) is 40.2 Å². The molecule has 0 aliphatic rings. The van der Waals surface area contributed by atoms with Gasteiger partial charge in [-0.3, -0.25) is 0 Å². The summed E-state index contributed by atoms with van der Waals surface area (Å²) in [7, 11) is 4.21. The van der Waals surface area contributed by atoms with Crippen molar-refractivity contribution in [3.63, 3.8) is 0 Å². The highest BCUT2D eigenvalue weighted by atomic mass is 16.6. The zero-order chi connectivity index (χ0) is 36.3. The number of carbonyl (C=O) groups is 4. The van der Waals surface area contributed by atoms with Crippen molar-refractivity contribution in [2.24, 2.45) is 0 Å². The molecule has 50 heavy (non-hydrogen) atoms. The Morgan fingerprint density at radius 1 is 0.520 bits per heavy atom. The van der Waals surface area contributed by atoms with Gasteiger partial charge >= 0.3 is 23.9 Å². The van der Waals surface area contributed by atoms with E-state index >= 15 is 0 Å². The quantitative estimate of drug-likeness (QED) is 0.0562. The fourth-order valence-corrected chi connectivity index (χ4v) is 4.22. The SMILES string of the molecule is C=CC(=O)OCCCCOc1ccc(C(=O)Oc2ccc(OC(=O)c3ccc(OCCCCOC(=O)C=C)cc3OC)c(OC)c2)c(OC)c1. The summed E-state index contributed by atoms with van der Waals surface area (Å²) >= 11 is 0. The molecule has 0 saturated carbocycles. The van der Waals surface area contributed by atoms with Crippen LogP contribution in [0.25, 0.3) is 0 Å². The maximum Gasteiger partial charge on any atom is 0.347 e. The number of rotatable bonds is 21. The fourth-order valence-electron chi connectivity index (χ4n) is 4.22. The average molecular weight is 693 g/mol. The van der Waals surface area contributed by atoms with Crippen LogP contribution >= 0.6 is 0 Å². The zero-order valence-corrected chi connectivity index (χ0v) is 28.2. The van der Waals surface area contributed by atoms with Crippen molar-refractivity contribution in [2.75, 3.05) is 47.8 Å². The summed E-state index contributed by atoms with van der Waals surface area (Å²) in [5.41, 5.74) is 0.293. The van der Waals surface area contributed by atoms with Gasteiger partial charge in [-0.2, -0.15) is 0 Å². The van der Waals surface area contributed by atoms with Gasteiger partial charge < -0.3 is 42.6 Å². The lowest BCUT2D eigenvalue weighted by Gasteiger charge is -2.14. The Balaban J connectivity index is 1.58. The van der Waals surface area contributed by atoms with E-state index in [0.717, 1.165) is 12.2 Å². The Morgan fingerprint density at radius 2 is 0.940 bits per heavy atom. The lowest BCUT2D eigenvalue weighted by atomic mass is 10.2. The van der Waals surface area contributed by atoms with E-state index in [4.69, 9.17) is 42.6 Å². The first kappa shape index (κ1) is 38.5. The minimum atomic E-state index is -0.719. The van der Waals surface area contributed by atoms with Crippen molar-refractivity contribution in [1.82, 2.24) is 0 Å². The van der Waals surface area contributed by atoms with Crippen molar-refractivity contribution in [3.8, 4) is 40.2 Å². The molecule has 0 spiro atoms. The summed E-state index contributed by atoms with van der Waals surface area (Å²) in [6.07, 6.45) is 4.71. The van der Waals surface area contributed by atoms with Gasteiger partial charge in [0.05, 0.1) is 47.8 Å². The van der Waals surface area contributed by atoms with Crippen LogP contribution in [0.1, 0.15) is 46.4 Å². The van der Waals surface area contributed by atoms with Crippen LogP contribution < -0.4 is 33.2 Å². The van der Waals surface area contributed by atoms with Gasteiger partial charge in [0.1, 0.15) is 39.9 Å². The third kappa shape index (κ3) is 11.9. The second kappa shape index (κ2) is 20.4. The molecule has 13 nitrogen and oxygen atoms in total. The molecule has 0 atom stereocenters. The van der Waals surface area contributed by atoms with Crippen LogP contribution in [-0.4, -0.2) is 71.6 Å². The molecule has 0 aromatic heterocycles. The van der Waals surface area contributed by atoms with Crippen LogP contribution in [0, 0.1) is 0 Å². The Kier molecular flexibility index (Phi) is 15.7. The average Bonchev–Trinajstić information content (AvgIpc) is 3.14. The molecule has 3 rings (SSSR count). The second-order valence-corrected chi connectivity index (χ2v) is 10.2. The third-order valence-electron chi connectivity index (χ3n) is 6.77. The van der Waals surface area contributed by atoms with Crippen molar-refractivity contribution < 1.29 is 61.8 Å². The molecular formula is C37H40O13. The normalized spacial score (nSPS) is 10.2. The van der Waals surface area contributed by atoms with Crippen molar-refractivity contribution in [3.05, 3.63) is 91.0 Å². The third-order valence-corrected chi connectivity index (χ3v) is 6.77. The smallest absolute Gasteiger partial charge is 0.347 e. The summed E-state index contributed by atoms with van der Waals surface area (Å²) in [5.74, 6) is -0.601. The Labute approximate surface area is 290 Å². The number of unbranched alkanes of at least 4 members (excludes halogenated alkanes) is 2. The van der Waals surface area contributed by atoms with E-state index in [2.05, 4.69) is 13.2 Å². The predicted octanol–water partition coefficient (Wildman–Crippen LogP) is 5.93. The topological polar surface area (TPSA) is 151 Å². The van der Waals surface area contributed by atoms with Crippen LogP contribution in [0.2, 0.25) is 0 Å². The van der Waals surface area contributed by atoms with Gasteiger partial charge in [0.25, 0.3) is 0 Å². The minimum absolute atomic E-state index is 0.0785. The van der Waals surface area contributed by atoms with Gasteiger partial charge in [0, 0.05) is 30.4 Å². The van der Waals surface area contributed by atoms with Gasteiger partial charge in [0.15, 0.2) is 11.5 Å². The van der Waals surface area contributed by atoms with E-state index < -0.39 is 23.9 Å². The number of esters is 4. The monoisotopic (exact) mass is 692 g/mol. The molecule has 0 aliphatic heterocycles. The predicted molar refractivity (Wildman–Crippen MR) is 181 cm³/mol. The molecule has 0 unspecified atom stereocenters. The fraction of sp³-hybridized carbons (Fsp3) is 0.297. The van der Waals surface area contributed by atoms with Crippen molar-refractivity contribution in [1.29, 1.82) is 0 Å². The molecule has 0 saturated heterocycles. The van der Waals surface area contributed by atoms with E-state index in [1.165, 1.54) is 51.7 Å². The highest BCUT2D eigenvalue weighted by Crippen LogP contribution is 2.34. The molecule has 0 heterocycles. The molecule has 13 heteroatoms. The lowest BCUT2D eigenvalue weighted by Crippen LogP contribution is -2.12. The molecule has 0 N–H and O–H groups in total. The summed E-state index contributed by atoms with van der Waals surface area (Å²) in [4.78, 5) is 48.3. The maximum absolute atomic E-state index is 13.1. The Morgan fingerprint density at radius 3 is 1.40 bits per heavy atom. The van der Waals surface area contributed by atoms with Crippen LogP contribution in [0.3, 0.4) is 0 Å². The standard InChI is InChI=1S/C37H40O13/c1-6-34(38)47-20-10-8-18-45-25-12-15-28(31(22-25)42-3)36(40)49-27-14-17-30(33(24-27)44-5)50-37(41)29-16-13-26(23-32(29)43-4)46-19-9-11-21-48-35(39)7-2/h6-7,12-17,22-24H,1-2,8-11,18-21H2,3-5H3. The highest BCUT2D eigenvalue weighted by Gasteiger charge is 2.20. The molecule has 3 aromatic carbocycles. The molecule has 0 radical (unpaired) electrons. The Hall–Kier alpha value is -5.98. The first-order valence-electron chi connectivity index (χ1n) is 15.5. The van der Waals surface area contributed by atoms with Crippen molar-refractivity contribution >= 4 is 23.9 Å². The first-order chi connectivity index (χ1) is 24.2. The first-order valence-corrected chi connectivity index (χ1v) is 15.5.